The molecule has 1 amide bonds. The Morgan fingerprint density at radius 1 is 1.00 bits per heavy atom. The number of hydrazone groups is 1. The number of para-hydroxylation sites is 1. The first-order chi connectivity index (χ1) is 15.7. The molecule has 6 heteroatoms. The fraction of sp³-hybridized carbons (Fsp3) is 0.0385. The van der Waals surface area contributed by atoms with Gasteiger partial charge in [-0.15, -0.1) is 11.3 Å². The van der Waals surface area contributed by atoms with Crippen molar-refractivity contribution in [1.29, 1.82) is 0 Å². The second-order valence-corrected chi connectivity index (χ2v) is 8.33. The van der Waals surface area contributed by atoms with Gasteiger partial charge in [-0.25, -0.2) is 10.1 Å². The molecule has 156 valence electrons. The van der Waals surface area contributed by atoms with Crippen LogP contribution in [-0.4, -0.2) is 21.9 Å². The number of hydrogen-bond acceptors (Lipinski definition) is 4. The molecular weight excluding hydrogens is 416 g/mol. The SMILES string of the molecule is Cc1ccccc1-n1nc(C(=O)N/N=C\c2cccs2)cc1-c1cccc2ccccc12. The van der Waals surface area contributed by atoms with E-state index in [2.05, 4.69) is 39.9 Å². The Morgan fingerprint density at radius 2 is 1.81 bits per heavy atom. The lowest BCUT2D eigenvalue weighted by Gasteiger charge is -2.12. The van der Waals surface area contributed by atoms with Crippen LogP contribution >= 0.6 is 11.3 Å². The van der Waals surface area contributed by atoms with Gasteiger partial charge in [-0.1, -0.05) is 66.7 Å². The molecule has 32 heavy (non-hydrogen) atoms. The van der Waals surface area contributed by atoms with E-state index in [1.165, 1.54) is 0 Å². The zero-order valence-corrected chi connectivity index (χ0v) is 18.2. The van der Waals surface area contributed by atoms with Gasteiger partial charge in [0, 0.05) is 10.4 Å². The van der Waals surface area contributed by atoms with E-state index in [0.29, 0.717) is 5.69 Å². The van der Waals surface area contributed by atoms with Crippen LogP contribution in [-0.2, 0) is 0 Å². The van der Waals surface area contributed by atoms with Crippen molar-refractivity contribution in [1.82, 2.24) is 15.2 Å². The van der Waals surface area contributed by atoms with Crippen molar-refractivity contribution in [3.8, 4) is 16.9 Å². The summed E-state index contributed by atoms with van der Waals surface area (Å²) in [5, 5.41) is 13.0. The zero-order chi connectivity index (χ0) is 21.9. The fourth-order valence-corrected chi connectivity index (χ4v) is 4.28. The molecule has 0 radical (unpaired) electrons. The number of aromatic nitrogens is 2. The Morgan fingerprint density at radius 3 is 2.66 bits per heavy atom. The summed E-state index contributed by atoms with van der Waals surface area (Å²) in [4.78, 5) is 13.8. The Bertz CT molecular complexity index is 1430. The first-order valence-electron chi connectivity index (χ1n) is 10.2. The summed E-state index contributed by atoms with van der Waals surface area (Å²) in [5.41, 5.74) is 6.76. The van der Waals surface area contributed by atoms with E-state index in [1.807, 2.05) is 77.6 Å². The maximum absolute atomic E-state index is 12.9. The van der Waals surface area contributed by atoms with Gasteiger partial charge in [0.1, 0.15) is 0 Å². The Kier molecular flexibility index (Phi) is 5.35. The molecule has 0 aliphatic heterocycles. The molecule has 3 aromatic carbocycles. The first-order valence-corrected chi connectivity index (χ1v) is 11.1. The van der Waals surface area contributed by atoms with Gasteiger partial charge < -0.3 is 0 Å². The minimum atomic E-state index is -0.355. The lowest BCUT2D eigenvalue weighted by atomic mass is 10.0. The molecule has 1 N–H and O–H groups in total. The highest BCUT2D eigenvalue weighted by atomic mass is 32.1. The molecule has 0 bridgehead atoms. The number of amides is 1. The highest BCUT2D eigenvalue weighted by Crippen LogP contribution is 2.31. The third-order valence-electron chi connectivity index (χ3n) is 5.25. The van der Waals surface area contributed by atoms with Crippen molar-refractivity contribution in [2.75, 3.05) is 0 Å². The quantitative estimate of drug-likeness (QED) is 0.278. The smallest absolute Gasteiger partial charge is 0.265 e. The summed E-state index contributed by atoms with van der Waals surface area (Å²) in [5.74, 6) is -0.355. The molecule has 0 aliphatic rings. The highest BCUT2D eigenvalue weighted by Gasteiger charge is 2.18. The van der Waals surface area contributed by atoms with E-state index in [1.54, 1.807) is 17.6 Å². The number of nitrogens with one attached hydrogen (secondary N) is 1. The van der Waals surface area contributed by atoms with Gasteiger partial charge in [-0.2, -0.15) is 10.2 Å². The maximum atomic E-state index is 12.9. The van der Waals surface area contributed by atoms with Crippen LogP contribution in [0.4, 0.5) is 0 Å². The normalized spacial score (nSPS) is 11.3. The van der Waals surface area contributed by atoms with Crippen molar-refractivity contribution >= 4 is 34.2 Å². The molecule has 0 saturated carbocycles. The van der Waals surface area contributed by atoms with Crippen LogP contribution in [0.5, 0.6) is 0 Å². The van der Waals surface area contributed by atoms with Gasteiger partial charge in [-0.05, 0) is 46.8 Å². The molecule has 5 rings (SSSR count). The second kappa shape index (κ2) is 8.61. The van der Waals surface area contributed by atoms with Crippen LogP contribution in [0.1, 0.15) is 20.9 Å². The lowest BCUT2D eigenvalue weighted by molar-refractivity contribution is 0.0949. The number of benzene rings is 3. The fourth-order valence-electron chi connectivity index (χ4n) is 3.69. The van der Waals surface area contributed by atoms with E-state index >= 15 is 0 Å². The third kappa shape index (κ3) is 3.84. The molecule has 0 saturated heterocycles. The van der Waals surface area contributed by atoms with Crippen molar-refractivity contribution < 1.29 is 4.79 Å². The zero-order valence-electron chi connectivity index (χ0n) is 17.4. The average Bonchev–Trinajstić information content (AvgIpc) is 3.49. The van der Waals surface area contributed by atoms with E-state index in [-0.39, 0.29) is 5.91 Å². The summed E-state index contributed by atoms with van der Waals surface area (Å²) < 4.78 is 1.84. The summed E-state index contributed by atoms with van der Waals surface area (Å²) >= 11 is 1.55. The number of hydrogen-bond donors (Lipinski definition) is 1. The van der Waals surface area contributed by atoms with Crippen molar-refractivity contribution in [2.45, 2.75) is 6.92 Å². The molecule has 0 spiro atoms. The van der Waals surface area contributed by atoms with Gasteiger partial charge in [0.05, 0.1) is 17.6 Å². The standard InChI is InChI=1S/C26H20N4OS/c1-18-8-2-5-14-24(18)30-25(22-13-6-10-19-9-3-4-12-21(19)22)16-23(29-30)26(31)28-27-17-20-11-7-15-32-20/h2-17H,1H3,(H,28,31)/b27-17-. The minimum absolute atomic E-state index is 0.305. The van der Waals surface area contributed by atoms with Gasteiger partial charge in [-0.3, -0.25) is 4.79 Å². The molecule has 5 nitrogen and oxygen atoms in total. The average molecular weight is 437 g/mol. The maximum Gasteiger partial charge on any atom is 0.291 e. The Balaban J connectivity index is 1.60. The molecule has 0 fully saturated rings. The van der Waals surface area contributed by atoms with E-state index in [9.17, 15) is 4.79 Å². The first kappa shape index (κ1) is 19.9. The number of nitrogens with zero attached hydrogens (tertiary/aromatic N) is 3. The molecule has 0 aliphatic carbocycles. The lowest BCUT2D eigenvalue weighted by Crippen LogP contribution is -2.18. The Hall–Kier alpha value is -4.03. The van der Waals surface area contributed by atoms with Gasteiger partial charge in [0.2, 0.25) is 0 Å². The van der Waals surface area contributed by atoms with Crippen LogP contribution in [0.3, 0.4) is 0 Å². The van der Waals surface area contributed by atoms with Crippen molar-refractivity contribution in [3.05, 3.63) is 106 Å². The molecule has 0 unspecified atom stereocenters. The van der Waals surface area contributed by atoms with E-state index in [0.717, 1.165) is 38.2 Å². The summed E-state index contributed by atoms with van der Waals surface area (Å²) in [6.07, 6.45) is 1.63. The topological polar surface area (TPSA) is 59.3 Å². The highest BCUT2D eigenvalue weighted by molar-refractivity contribution is 7.11. The number of carbonyl (C=O) groups is 1. The van der Waals surface area contributed by atoms with Crippen molar-refractivity contribution in [2.24, 2.45) is 5.10 Å². The number of rotatable bonds is 5. The molecule has 2 heterocycles. The van der Waals surface area contributed by atoms with Gasteiger partial charge >= 0.3 is 0 Å². The summed E-state index contributed by atoms with van der Waals surface area (Å²) in [6, 6.07) is 28.1. The largest absolute Gasteiger partial charge is 0.291 e. The molecule has 2 aromatic heterocycles. The Labute approximate surface area is 189 Å². The minimum Gasteiger partial charge on any atom is -0.265 e. The second-order valence-electron chi connectivity index (χ2n) is 7.35. The molecular formula is C26H20N4OS. The number of fused-ring (bicyclic) bond motifs is 1. The number of thiophene rings is 1. The summed E-state index contributed by atoms with van der Waals surface area (Å²) in [6.45, 7) is 2.04. The van der Waals surface area contributed by atoms with Gasteiger partial charge in [0.25, 0.3) is 5.91 Å². The van der Waals surface area contributed by atoms with Crippen LogP contribution in [0, 0.1) is 6.92 Å². The summed E-state index contributed by atoms with van der Waals surface area (Å²) in [7, 11) is 0. The van der Waals surface area contributed by atoms with Crippen LogP contribution in [0.25, 0.3) is 27.7 Å². The van der Waals surface area contributed by atoms with Crippen LogP contribution < -0.4 is 5.43 Å². The van der Waals surface area contributed by atoms with Crippen LogP contribution in [0.2, 0.25) is 0 Å². The van der Waals surface area contributed by atoms with Crippen LogP contribution in [0.15, 0.2) is 95.4 Å². The molecule has 5 aromatic rings. The van der Waals surface area contributed by atoms with E-state index < -0.39 is 0 Å². The monoisotopic (exact) mass is 436 g/mol. The van der Waals surface area contributed by atoms with Crippen molar-refractivity contribution in [3.63, 3.8) is 0 Å². The van der Waals surface area contributed by atoms with E-state index in [4.69, 9.17) is 0 Å². The number of aryl methyl sites for hydroxylation is 1. The van der Waals surface area contributed by atoms with Gasteiger partial charge in [0.15, 0.2) is 5.69 Å². The predicted molar refractivity (Wildman–Crippen MR) is 131 cm³/mol. The number of carbonyl (C=O) groups excluding carboxylic acids is 1. The third-order valence-corrected chi connectivity index (χ3v) is 6.06. The predicted octanol–water partition coefficient (Wildman–Crippen LogP) is 5.83. The molecule has 0 atom stereocenters.